The molecule has 0 aliphatic carbocycles. The van der Waals surface area contributed by atoms with Crippen molar-refractivity contribution in [2.24, 2.45) is 0 Å². The van der Waals surface area contributed by atoms with Crippen LogP contribution in [0.2, 0.25) is 0 Å². The zero-order valence-electron chi connectivity index (χ0n) is 20.9. The molecule has 0 radical (unpaired) electrons. The smallest absolute Gasteiger partial charge is 0.306 e. The zero-order valence-corrected chi connectivity index (χ0v) is 23.3. The molecule has 0 saturated carbocycles. The van der Waals surface area contributed by atoms with E-state index in [1.807, 2.05) is 10.6 Å². The number of carbonyl (C=O) groups is 2. The van der Waals surface area contributed by atoms with Gasteiger partial charge in [-0.25, -0.2) is 26.0 Å². The van der Waals surface area contributed by atoms with Crippen LogP contribution in [0.1, 0.15) is 34.6 Å². The molecule has 3 N–H and O–H groups in total. The van der Waals surface area contributed by atoms with Crippen molar-refractivity contribution in [2.45, 2.75) is 13.8 Å². The fourth-order valence-electron chi connectivity index (χ4n) is 2.35. The Balaban J connectivity index is 0.000000681. The number of benzene rings is 2. The number of aromatic hydroxyl groups is 1. The van der Waals surface area contributed by atoms with E-state index >= 15 is 0 Å². The second-order valence-electron chi connectivity index (χ2n) is 7.13. The molecule has 232 valence electrons. The standard InChI is InChI=1S/C10H9F4NO4S.C9H7F4NO2.CH3ClO2S/c1-3-15-10(16)4-5(11)7(13)9(8(14)6(4)12)19-20(2,17)18;1-2-14-9(16)3-4(10)6(12)8(15)7(13)5(3)11;1-5(2,3)4/h3H2,1-2H3,(H,15,16);15H,2H2,1H3,(H,14,16);1H3. The van der Waals surface area contributed by atoms with Gasteiger partial charge in [0.15, 0.2) is 29.0 Å². The minimum Gasteiger partial charge on any atom is -0.503 e. The Kier molecular flexibility index (Phi) is 13.8. The van der Waals surface area contributed by atoms with Gasteiger partial charge in [-0.1, -0.05) is 0 Å². The monoisotopic (exact) mass is 666 g/mol. The lowest BCUT2D eigenvalue weighted by molar-refractivity contribution is 0.0935. The molecule has 10 nitrogen and oxygen atoms in total. The van der Waals surface area contributed by atoms with Gasteiger partial charge in [-0.15, -0.1) is 0 Å². The van der Waals surface area contributed by atoms with Gasteiger partial charge in [0.05, 0.1) is 12.5 Å². The number of carbonyl (C=O) groups excluding carboxylic acids is 2. The van der Waals surface area contributed by atoms with Crippen molar-refractivity contribution in [3.8, 4) is 11.5 Å². The predicted octanol–water partition coefficient (Wildman–Crippen LogP) is 3.21. The van der Waals surface area contributed by atoms with Crippen LogP contribution in [0.5, 0.6) is 11.5 Å². The summed E-state index contributed by atoms with van der Waals surface area (Å²) in [4.78, 5) is 22.4. The molecule has 2 aromatic rings. The predicted molar refractivity (Wildman–Crippen MR) is 126 cm³/mol. The van der Waals surface area contributed by atoms with E-state index in [4.69, 9.17) is 5.11 Å². The maximum atomic E-state index is 13.5. The Morgan fingerprint density at radius 1 is 0.683 bits per heavy atom. The number of hydrogen-bond donors (Lipinski definition) is 3. The van der Waals surface area contributed by atoms with Crippen LogP contribution >= 0.6 is 10.7 Å². The fourth-order valence-corrected chi connectivity index (χ4v) is 2.80. The summed E-state index contributed by atoms with van der Waals surface area (Å²) in [5.41, 5.74) is -2.89. The maximum absolute atomic E-state index is 13.5. The van der Waals surface area contributed by atoms with E-state index in [0.29, 0.717) is 6.26 Å². The number of phenolic OH excluding ortho intramolecular Hbond substituents is 1. The second-order valence-corrected chi connectivity index (χ2v) is 11.7. The van der Waals surface area contributed by atoms with E-state index in [1.165, 1.54) is 13.8 Å². The maximum Gasteiger partial charge on any atom is 0.306 e. The third-order valence-corrected chi connectivity index (χ3v) is 4.30. The van der Waals surface area contributed by atoms with Crippen LogP contribution < -0.4 is 14.8 Å². The molecule has 2 rings (SSSR count). The van der Waals surface area contributed by atoms with Crippen LogP contribution in [0.15, 0.2) is 0 Å². The van der Waals surface area contributed by atoms with Crippen molar-refractivity contribution in [3.63, 3.8) is 0 Å². The van der Waals surface area contributed by atoms with Crippen LogP contribution in [-0.4, -0.2) is 59.4 Å². The van der Waals surface area contributed by atoms with Gasteiger partial charge in [-0.3, -0.25) is 9.59 Å². The van der Waals surface area contributed by atoms with Gasteiger partial charge in [0.1, 0.15) is 11.1 Å². The minimum atomic E-state index is -4.41. The van der Waals surface area contributed by atoms with Crippen molar-refractivity contribution in [2.75, 3.05) is 25.6 Å². The first-order valence-electron chi connectivity index (χ1n) is 10.3. The number of halogens is 9. The lowest BCUT2D eigenvalue weighted by Crippen LogP contribution is -2.26. The van der Waals surface area contributed by atoms with Crippen molar-refractivity contribution < 1.29 is 70.8 Å². The molecule has 0 aliphatic heterocycles. The topological polar surface area (TPSA) is 156 Å². The van der Waals surface area contributed by atoms with E-state index in [-0.39, 0.29) is 13.1 Å². The Bertz CT molecular complexity index is 1470. The molecule has 0 unspecified atom stereocenters. The number of phenols is 1. The van der Waals surface area contributed by atoms with Gasteiger partial charge < -0.3 is 19.9 Å². The van der Waals surface area contributed by atoms with Crippen LogP contribution in [0.4, 0.5) is 35.1 Å². The first kappa shape index (κ1) is 37.6. The summed E-state index contributed by atoms with van der Waals surface area (Å²) in [5.74, 6) is -22.4. The number of rotatable bonds is 6. The molecule has 2 amide bonds. The quantitative estimate of drug-likeness (QED) is 0.184. The van der Waals surface area contributed by atoms with Gasteiger partial charge in [0.2, 0.25) is 38.1 Å². The summed E-state index contributed by atoms with van der Waals surface area (Å²) < 4.78 is 150. The van der Waals surface area contributed by atoms with Crippen LogP contribution in [0, 0.1) is 46.5 Å². The lowest BCUT2D eigenvalue weighted by atomic mass is 10.1. The van der Waals surface area contributed by atoms with Gasteiger partial charge in [-0.2, -0.15) is 26.0 Å². The van der Waals surface area contributed by atoms with E-state index in [1.54, 1.807) is 0 Å². The highest BCUT2D eigenvalue weighted by Gasteiger charge is 2.32. The summed E-state index contributed by atoms with van der Waals surface area (Å²) in [5, 5.41) is 12.6. The van der Waals surface area contributed by atoms with Crippen LogP contribution in [0.25, 0.3) is 0 Å². The summed E-state index contributed by atoms with van der Waals surface area (Å²) in [6.45, 7) is 2.87. The molecule has 0 saturated heterocycles. The number of hydrogen-bond acceptors (Lipinski definition) is 8. The van der Waals surface area contributed by atoms with Gasteiger partial charge in [0.25, 0.3) is 11.8 Å². The summed E-state index contributed by atoms with van der Waals surface area (Å²) in [6, 6.07) is 0. The van der Waals surface area contributed by atoms with Crippen molar-refractivity contribution in [1.82, 2.24) is 10.6 Å². The molecule has 0 aromatic heterocycles. The Morgan fingerprint density at radius 2 is 0.951 bits per heavy atom. The Morgan fingerprint density at radius 3 is 1.20 bits per heavy atom. The van der Waals surface area contributed by atoms with Gasteiger partial charge in [-0.05, 0) is 13.8 Å². The third kappa shape index (κ3) is 10.8. The normalized spacial score (nSPS) is 11.0. The highest BCUT2D eigenvalue weighted by atomic mass is 35.7. The largest absolute Gasteiger partial charge is 0.503 e. The van der Waals surface area contributed by atoms with E-state index in [0.717, 1.165) is 6.26 Å². The van der Waals surface area contributed by atoms with Crippen molar-refractivity contribution in [1.29, 1.82) is 0 Å². The molecule has 0 bridgehead atoms. The molecule has 0 fully saturated rings. The SMILES string of the molecule is CCNC(=O)c1c(F)c(F)c(O)c(F)c1F.CCNC(=O)c1c(F)c(F)c(OS(C)(=O)=O)c(F)c1F.CS(=O)(=O)Cl. The highest BCUT2D eigenvalue weighted by molar-refractivity contribution is 8.13. The molecule has 0 heterocycles. The van der Waals surface area contributed by atoms with E-state index in [9.17, 15) is 61.5 Å². The molecular weight excluding hydrogens is 648 g/mol. The third-order valence-electron chi connectivity index (χ3n) is 3.83. The van der Waals surface area contributed by atoms with Crippen molar-refractivity contribution >= 4 is 41.7 Å². The molecule has 2 aromatic carbocycles. The minimum absolute atomic E-state index is 0.0296. The average molecular weight is 667 g/mol. The number of nitrogens with one attached hydrogen (secondary N) is 2. The van der Waals surface area contributed by atoms with Gasteiger partial charge in [0, 0.05) is 23.8 Å². The molecule has 0 spiro atoms. The zero-order chi connectivity index (χ0) is 32.6. The van der Waals surface area contributed by atoms with Crippen molar-refractivity contribution in [3.05, 3.63) is 57.7 Å². The van der Waals surface area contributed by atoms with E-state index < -0.39 is 100 Å². The lowest BCUT2D eigenvalue weighted by Gasteiger charge is -2.11. The molecule has 41 heavy (non-hydrogen) atoms. The Labute approximate surface area is 231 Å². The molecule has 0 atom stereocenters. The first-order valence-corrected chi connectivity index (χ1v) is 14.8. The second kappa shape index (κ2) is 15.0. The summed E-state index contributed by atoms with van der Waals surface area (Å²) >= 11 is 0. The van der Waals surface area contributed by atoms with Crippen LogP contribution in [0.3, 0.4) is 0 Å². The summed E-state index contributed by atoms with van der Waals surface area (Å²) in [7, 11) is -3.11. The fraction of sp³-hybridized carbons (Fsp3) is 0.300. The number of amides is 2. The average Bonchev–Trinajstić information content (AvgIpc) is 2.82. The summed E-state index contributed by atoms with van der Waals surface area (Å²) in [6.07, 6.45) is 1.36. The molecule has 21 heteroatoms. The highest BCUT2D eigenvalue weighted by Crippen LogP contribution is 2.31. The molecule has 0 aliphatic rings. The Hall–Kier alpha value is -3.39. The van der Waals surface area contributed by atoms with Gasteiger partial charge >= 0.3 is 10.1 Å². The van der Waals surface area contributed by atoms with E-state index in [2.05, 4.69) is 14.9 Å². The molecular formula is C20H19ClF8N2O8S2. The van der Waals surface area contributed by atoms with Crippen LogP contribution in [-0.2, 0) is 19.2 Å². The first-order chi connectivity index (χ1) is 18.5.